The molecule has 2 heterocycles. The molecule has 0 spiro atoms. The first-order chi connectivity index (χ1) is 12.1. The first kappa shape index (κ1) is 16.6. The number of benzene rings is 1. The van der Waals surface area contributed by atoms with E-state index in [1.807, 2.05) is 6.07 Å². The van der Waals surface area contributed by atoms with Crippen LogP contribution in [0.3, 0.4) is 0 Å². The number of carbonyl (C=O) groups excluding carboxylic acids is 1. The van der Waals surface area contributed by atoms with Gasteiger partial charge >= 0.3 is 0 Å². The Balaban J connectivity index is 1.40. The number of piperazine rings is 1. The minimum absolute atomic E-state index is 0.0812. The molecular formula is C18H18Cl2N4O. The maximum absolute atomic E-state index is 12.7. The number of amides is 1. The van der Waals surface area contributed by atoms with Crippen LogP contribution in [0.15, 0.2) is 30.3 Å². The standard InChI is InChI=1S/C18H18Cl2N4O/c19-13-3-4-15(20)14(11-13)18(25)24-9-7-23(8-10-24)17-6-5-16(21-22-17)12-1-2-12/h3-6,11-12H,1-2,7-10H2. The van der Waals surface area contributed by atoms with Crippen LogP contribution in [0.1, 0.15) is 34.8 Å². The molecule has 1 saturated carbocycles. The van der Waals surface area contributed by atoms with Crippen LogP contribution in [0.2, 0.25) is 10.0 Å². The van der Waals surface area contributed by atoms with Crippen LogP contribution in [0, 0.1) is 0 Å². The van der Waals surface area contributed by atoms with Gasteiger partial charge in [-0.1, -0.05) is 23.2 Å². The second-order valence-corrected chi connectivity index (χ2v) is 7.34. The molecule has 7 heteroatoms. The number of hydrogen-bond donors (Lipinski definition) is 0. The van der Waals surface area contributed by atoms with Gasteiger partial charge in [-0.05, 0) is 43.2 Å². The first-order valence-electron chi connectivity index (χ1n) is 8.45. The third-order valence-electron chi connectivity index (χ3n) is 4.72. The normalized spacial score (nSPS) is 17.7. The zero-order valence-electron chi connectivity index (χ0n) is 13.7. The molecule has 1 aliphatic heterocycles. The number of hydrogen-bond acceptors (Lipinski definition) is 4. The Hall–Kier alpha value is -1.85. The predicted molar refractivity (Wildman–Crippen MR) is 98.6 cm³/mol. The van der Waals surface area contributed by atoms with E-state index in [0.717, 1.165) is 24.6 Å². The summed E-state index contributed by atoms with van der Waals surface area (Å²) in [6.45, 7) is 2.68. The highest BCUT2D eigenvalue weighted by Gasteiger charge is 2.27. The van der Waals surface area contributed by atoms with Gasteiger partial charge in [0.2, 0.25) is 0 Å². The highest BCUT2D eigenvalue weighted by Crippen LogP contribution is 2.38. The SMILES string of the molecule is O=C(c1cc(Cl)ccc1Cl)N1CCN(c2ccc(C3CC3)nn2)CC1. The van der Waals surface area contributed by atoms with E-state index in [1.165, 1.54) is 12.8 Å². The number of aromatic nitrogens is 2. The Labute approximate surface area is 156 Å². The van der Waals surface area contributed by atoms with Gasteiger partial charge in [-0.25, -0.2) is 0 Å². The molecule has 4 rings (SSSR count). The summed E-state index contributed by atoms with van der Waals surface area (Å²) >= 11 is 12.1. The molecule has 0 atom stereocenters. The van der Waals surface area contributed by atoms with Gasteiger partial charge in [-0.3, -0.25) is 4.79 Å². The van der Waals surface area contributed by atoms with E-state index >= 15 is 0 Å². The first-order valence-corrected chi connectivity index (χ1v) is 9.20. The third-order valence-corrected chi connectivity index (χ3v) is 5.28. The molecule has 1 saturated heterocycles. The highest BCUT2D eigenvalue weighted by molar-refractivity contribution is 6.35. The van der Waals surface area contributed by atoms with Crippen LogP contribution in [0.4, 0.5) is 5.82 Å². The summed E-state index contributed by atoms with van der Waals surface area (Å²) in [4.78, 5) is 16.6. The maximum atomic E-state index is 12.7. The smallest absolute Gasteiger partial charge is 0.255 e. The highest BCUT2D eigenvalue weighted by atomic mass is 35.5. The molecule has 1 aliphatic carbocycles. The molecule has 0 unspecified atom stereocenters. The number of nitrogens with zero attached hydrogens (tertiary/aromatic N) is 4. The van der Waals surface area contributed by atoms with E-state index in [0.29, 0.717) is 34.6 Å². The maximum Gasteiger partial charge on any atom is 0.255 e. The molecule has 1 amide bonds. The Morgan fingerprint density at radius 2 is 1.76 bits per heavy atom. The second-order valence-electron chi connectivity index (χ2n) is 6.49. The summed E-state index contributed by atoms with van der Waals surface area (Å²) in [5.74, 6) is 1.40. The van der Waals surface area contributed by atoms with E-state index in [9.17, 15) is 4.79 Å². The molecule has 2 fully saturated rings. The van der Waals surface area contributed by atoms with Crippen molar-refractivity contribution in [2.24, 2.45) is 0 Å². The van der Waals surface area contributed by atoms with Crippen LogP contribution < -0.4 is 4.90 Å². The molecule has 2 aliphatic rings. The van der Waals surface area contributed by atoms with Gasteiger partial charge < -0.3 is 9.80 Å². The minimum Gasteiger partial charge on any atom is -0.352 e. The largest absolute Gasteiger partial charge is 0.352 e. The molecule has 5 nitrogen and oxygen atoms in total. The summed E-state index contributed by atoms with van der Waals surface area (Å²) < 4.78 is 0. The molecule has 0 bridgehead atoms. The molecule has 25 heavy (non-hydrogen) atoms. The summed E-state index contributed by atoms with van der Waals surface area (Å²) in [7, 11) is 0. The number of anilines is 1. The Morgan fingerprint density at radius 3 is 2.40 bits per heavy atom. The molecule has 1 aromatic carbocycles. The molecule has 0 radical (unpaired) electrons. The third kappa shape index (κ3) is 3.58. The van der Waals surface area contributed by atoms with E-state index in [2.05, 4.69) is 21.2 Å². The fraction of sp³-hybridized carbons (Fsp3) is 0.389. The summed E-state index contributed by atoms with van der Waals surface area (Å²) in [6, 6.07) is 9.07. The molecule has 2 aromatic rings. The quantitative estimate of drug-likeness (QED) is 0.820. The van der Waals surface area contributed by atoms with Crippen molar-refractivity contribution < 1.29 is 4.79 Å². The van der Waals surface area contributed by atoms with Crippen LogP contribution in [-0.2, 0) is 0 Å². The van der Waals surface area contributed by atoms with Crippen molar-refractivity contribution in [3.63, 3.8) is 0 Å². The van der Waals surface area contributed by atoms with Crippen molar-refractivity contribution in [2.45, 2.75) is 18.8 Å². The van der Waals surface area contributed by atoms with E-state index in [1.54, 1.807) is 23.1 Å². The van der Waals surface area contributed by atoms with Gasteiger partial charge in [0.15, 0.2) is 5.82 Å². The zero-order chi connectivity index (χ0) is 17.4. The monoisotopic (exact) mass is 376 g/mol. The summed E-state index contributed by atoms with van der Waals surface area (Å²) in [5, 5.41) is 9.63. The van der Waals surface area contributed by atoms with E-state index in [4.69, 9.17) is 23.2 Å². The van der Waals surface area contributed by atoms with Gasteiger partial charge in [0, 0.05) is 37.1 Å². The lowest BCUT2D eigenvalue weighted by Gasteiger charge is -2.35. The van der Waals surface area contributed by atoms with E-state index < -0.39 is 0 Å². The average Bonchev–Trinajstić information content (AvgIpc) is 3.49. The van der Waals surface area contributed by atoms with Crippen LogP contribution in [0.25, 0.3) is 0 Å². The predicted octanol–water partition coefficient (Wildman–Crippen LogP) is 3.62. The van der Waals surface area contributed by atoms with E-state index in [-0.39, 0.29) is 5.91 Å². The average molecular weight is 377 g/mol. The topological polar surface area (TPSA) is 49.3 Å². The van der Waals surface area contributed by atoms with Crippen molar-refractivity contribution in [3.8, 4) is 0 Å². The van der Waals surface area contributed by atoms with Gasteiger partial charge in [0.05, 0.1) is 16.3 Å². The van der Waals surface area contributed by atoms with Crippen molar-refractivity contribution in [1.29, 1.82) is 0 Å². The fourth-order valence-corrected chi connectivity index (χ4v) is 3.44. The van der Waals surface area contributed by atoms with Crippen molar-refractivity contribution in [1.82, 2.24) is 15.1 Å². The lowest BCUT2D eigenvalue weighted by molar-refractivity contribution is 0.0746. The summed E-state index contributed by atoms with van der Waals surface area (Å²) in [5.41, 5.74) is 1.55. The molecular weight excluding hydrogens is 359 g/mol. The lowest BCUT2D eigenvalue weighted by Crippen LogP contribution is -2.49. The molecule has 0 N–H and O–H groups in total. The number of rotatable bonds is 3. The summed E-state index contributed by atoms with van der Waals surface area (Å²) in [6.07, 6.45) is 2.45. The molecule has 130 valence electrons. The molecule has 1 aromatic heterocycles. The Morgan fingerprint density at radius 1 is 1.00 bits per heavy atom. The van der Waals surface area contributed by atoms with Crippen molar-refractivity contribution >= 4 is 34.9 Å². The number of carbonyl (C=O) groups is 1. The van der Waals surface area contributed by atoms with Crippen LogP contribution in [-0.4, -0.2) is 47.2 Å². The van der Waals surface area contributed by atoms with Gasteiger partial charge in [-0.2, -0.15) is 5.10 Å². The van der Waals surface area contributed by atoms with Gasteiger partial charge in [-0.15, -0.1) is 5.10 Å². The Kier molecular flexibility index (Phi) is 4.52. The van der Waals surface area contributed by atoms with Crippen LogP contribution in [0.5, 0.6) is 0 Å². The lowest BCUT2D eigenvalue weighted by atomic mass is 10.1. The van der Waals surface area contributed by atoms with Crippen LogP contribution >= 0.6 is 23.2 Å². The van der Waals surface area contributed by atoms with Gasteiger partial charge in [0.1, 0.15) is 0 Å². The fourth-order valence-electron chi connectivity index (χ4n) is 3.07. The van der Waals surface area contributed by atoms with Crippen molar-refractivity contribution in [2.75, 3.05) is 31.1 Å². The zero-order valence-corrected chi connectivity index (χ0v) is 15.2. The minimum atomic E-state index is -0.0812. The Bertz CT molecular complexity index is 784. The van der Waals surface area contributed by atoms with Gasteiger partial charge in [0.25, 0.3) is 5.91 Å². The van der Waals surface area contributed by atoms with Crippen molar-refractivity contribution in [3.05, 3.63) is 51.6 Å². The second kappa shape index (κ2) is 6.81. The number of halogens is 2.